The molecule has 3 aromatic rings. The standard InChI is InChI=1S/C25H29N5O2/c1-5-21(31)30-12-10-19-22(25(30,3)4)27-23(18-7-6-8-20-17(18)9-11-26-20)28-24(19)29-13-14-32-15-16(29)2/h5-9,11,16,26H,1,10,12-15H2,2-4H3. The molecule has 0 radical (unpaired) electrons. The van der Waals surface area contributed by atoms with Crippen molar-refractivity contribution in [1.29, 1.82) is 0 Å². The number of rotatable bonds is 3. The number of carbonyl (C=O) groups is 1. The lowest BCUT2D eigenvalue weighted by atomic mass is 9.87. The monoisotopic (exact) mass is 431 g/mol. The first-order chi connectivity index (χ1) is 15.4. The fourth-order valence-corrected chi connectivity index (χ4v) is 5.02. The summed E-state index contributed by atoms with van der Waals surface area (Å²) in [6.45, 7) is 12.7. The van der Waals surface area contributed by atoms with E-state index in [0.29, 0.717) is 32.0 Å². The van der Waals surface area contributed by atoms with Crippen LogP contribution in [0, 0.1) is 0 Å². The van der Waals surface area contributed by atoms with Crippen LogP contribution in [0.4, 0.5) is 5.82 Å². The van der Waals surface area contributed by atoms with E-state index in [1.807, 2.05) is 17.2 Å². The quantitative estimate of drug-likeness (QED) is 0.641. The summed E-state index contributed by atoms with van der Waals surface area (Å²) in [5.74, 6) is 1.57. The van der Waals surface area contributed by atoms with Gasteiger partial charge >= 0.3 is 0 Å². The van der Waals surface area contributed by atoms with Gasteiger partial charge in [-0.25, -0.2) is 9.97 Å². The van der Waals surface area contributed by atoms with Crippen LogP contribution in [0.15, 0.2) is 43.1 Å². The molecule has 0 spiro atoms. The summed E-state index contributed by atoms with van der Waals surface area (Å²) in [7, 11) is 0. The van der Waals surface area contributed by atoms with Gasteiger partial charge in [0.2, 0.25) is 5.91 Å². The normalized spacial score (nSPS) is 20.3. The molecule has 1 N–H and O–H groups in total. The van der Waals surface area contributed by atoms with Crippen molar-refractivity contribution in [3.05, 3.63) is 54.4 Å². The van der Waals surface area contributed by atoms with Crippen LogP contribution in [0.1, 0.15) is 32.0 Å². The molecule has 1 saturated heterocycles. The second kappa shape index (κ2) is 7.74. The van der Waals surface area contributed by atoms with Gasteiger partial charge in [0.15, 0.2) is 5.82 Å². The topological polar surface area (TPSA) is 74.3 Å². The van der Waals surface area contributed by atoms with E-state index in [1.54, 1.807) is 0 Å². The van der Waals surface area contributed by atoms with Gasteiger partial charge in [0.05, 0.1) is 30.5 Å². The second-order valence-corrected chi connectivity index (χ2v) is 9.06. The zero-order valence-corrected chi connectivity index (χ0v) is 18.9. The molecular weight excluding hydrogens is 402 g/mol. The molecule has 0 saturated carbocycles. The van der Waals surface area contributed by atoms with Gasteiger partial charge in [0.25, 0.3) is 0 Å². The number of nitrogens with one attached hydrogen (secondary N) is 1. The summed E-state index contributed by atoms with van der Waals surface area (Å²) < 4.78 is 5.69. The maximum atomic E-state index is 12.7. The lowest BCUT2D eigenvalue weighted by molar-refractivity contribution is -0.132. The van der Waals surface area contributed by atoms with Gasteiger partial charge in [0.1, 0.15) is 5.82 Å². The lowest BCUT2D eigenvalue weighted by Gasteiger charge is -2.44. The highest BCUT2D eigenvalue weighted by atomic mass is 16.5. The van der Waals surface area contributed by atoms with E-state index in [4.69, 9.17) is 14.7 Å². The van der Waals surface area contributed by atoms with E-state index in [0.717, 1.165) is 40.1 Å². The molecule has 2 aromatic heterocycles. The Kier molecular flexibility index (Phi) is 5.01. The highest BCUT2D eigenvalue weighted by molar-refractivity contribution is 5.93. The Bertz CT molecular complexity index is 1200. The predicted octanol–water partition coefficient (Wildman–Crippen LogP) is 3.66. The number of carbonyl (C=O) groups excluding carboxylic acids is 1. The van der Waals surface area contributed by atoms with Gasteiger partial charge in [-0.2, -0.15) is 0 Å². The summed E-state index contributed by atoms with van der Waals surface area (Å²) in [6.07, 6.45) is 4.04. The number of H-pyrrole nitrogens is 1. The van der Waals surface area contributed by atoms with Gasteiger partial charge in [0, 0.05) is 41.3 Å². The van der Waals surface area contributed by atoms with Gasteiger partial charge in [-0.1, -0.05) is 18.7 Å². The van der Waals surface area contributed by atoms with Crippen molar-refractivity contribution in [2.24, 2.45) is 0 Å². The third-order valence-corrected chi connectivity index (χ3v) is 6.74. The average Bonchev–Trinajstić information content (AvgIpc) is 3.27. The summed E-state index contributed by atoms with van der Waals surface area (Å²) in [5.41, 5.74) is 3.49. The van der Waals surface area contributed by atoms with Crippen LogP contribution in [-0.4, -0.2) is 58.1 Å². The van der Waals surface area contributed by atoms with Crippen molar-refractivity contribution in [2.75, 3.05) is 31.2 Å². The predicted molar refractivity (Wildman–Crippen MR) is 126 cm³/mol. The number of amides is 1. The number of benzene rings is 1. The summed E-state index contributed by atoms with van der Waals surface area (Å²) in [4.78, 5) is 30.4. The van der Waals surface area contributed by atoms with Crippen LogP contribution in [0.2, 0.25) is 0 Å². The zero-order valence-electron chi connectivity index (χ0n) is 18.9. The van der Waals surface area contributed by atoms with Crippen molar-refractivity contribution >= 4 is 22.6 Å². The molecule has 0 aliphatic carbocycles. The number of fused-ring (bicyclic) bond motifs is 2. The van der Waals surface area contributed by atoms with E-state index in [2.05, 4.69) is 55.4 Å². The van der Waals surface area contributed by atoms with Crippen molar-refractivity contribution in [2.45, 2.75) is 38.8 Å². The van der Waals surface area contributed by atoms with Gasteiger partial charge in [-0.3, -0.25) is 4.79 Å². The second-order valence-electron chi connectivity index (χ2n) is 9.06. The van der Waals surface area contributed by atoms with Crippen molar-refractivity contribution in [1.82, 2.24) is 19.9 Å². The number of morpholine rings is 1. The third-order valence-electron chi connectivity index (χ3n) is 6.74. The Morgan fingerprint density at radius 2 is 2.12 bits per heavy atom. The van der Waals surface area contributed by atoms with Crippen LogP contribution in [-0.2, 0) is 21.5 Å². The number of aromatic nitrogens is 3. The zero-order chi connectivity index (χ0) is 22.5. The number of nitrogens with zero attached hydrogens (tertiary/aromatic N) is 4. The molecule has 2 aliphatic heterocycles. The summed E-state index contributed by atoms with van der Waals surface area (Å²) >= 11 is 0. The smallest absolute Gasteiger partial charge is 0.246 e. The summed E-state index contributed by atoms with van der Waals surface area (Å²) in [5, 5.41) is 1.08. The van der Waals surface area contributed by atoms with Crippen LogP contribution >= 0.6 is 0 Å². The fraction of sp³-hybridized carbons (Fsp3) is 0.400. The number of anilines is 1. The highest BCUT2D eigenvalue weighted by Gasteiger charge is 2.41. The molecule has 1 amide bonds. The molecule has 0 bridgehead atoms. The Hall–Kier alpha value is -3.19. The van der Waals surface area contributed by atoms with Crippen molar-refractivity contribution < 1.29 is 9.53 Å². The number of ether oxygens (including phenoxy) is 1. The first-order valence-electron chi connectivity index (χ1n) is 11.2. The van der Waals surface area contributed by atoms with E-state index in [9.17, 15) is 4.79 Å². The molecule has 7 heteroatoms. The van der Waals surface area contributed by atoms with Crippen molar-refractivity contribution in [3.63, 3.8) is 0 Å². The maximum absolute atomic E-state index is 12.7. The maximum Gasteiger partial charge on any atom is 0.246 e. The molecule has 1 fully saturated rings. The van der Waals surface area contributed by atoms with Gasteiger partial charge < -0.3 is 19.5 Å². The molecule has 5 rings (SSSR count). The SMILES string of the molecule is C=CC(=O)N1CCc2c(N3CCOCC3C)nc(-c3cccc4[nH]ccc34)nc2C1(C)C. The Morgan fingerprint density at radius 1 is 1.28 bits per heavy atom. The lowest BCUT2D eigenvalue weighted by Crippen LogP contribution is -2.51. The molecule has 166 valence electrons. The molecule has 1 aromatic carbocycles. The largest absolute Gasteiger partial charge is 0.377 e. The molecule has 32 heavy (non-hydrogen) atoms. The molecule has 7 nitrogen and oxygen atoms in total. The van der Waals surface area contributed by atoms with Crippen LogP contribution in [0.3, 0.4) is 0 Å². The first-order valence-corrected chi connectivity index (χ1v) is 11.2. The van der Waals surface area contributed by atoms with Gasteiger partial charge in [-0.15, -0.1) is 0 Å². The van der Waals surface area contributed by atoms with E-state index in [-0.39, 0.29) is 11.9 Å². The van der Waals surface area contributed by atoms with Crippen LogP contribution in [0.5, 0.6) is 0 Å². The number of aromatic amines is 1. The van der Waals surface area contributed by atoms with Gasteiger partial charge in [-0.05, 0) is 45.4 Å². The molecule has 2 aliphatic rings. The number of hydrogen-bond acceptors (Lipinski definition) is 5. The highest BCUT2D eigenvalue weighted by Crippen LogP contribution is 2.40. The minimum atomic E-state index is -0.577. The Balaban J connectivity index is 1.75. The van der Waals surface area contributed by atoms with Crippen LogP contribution in [0.25, 0.3) is 22.3 Å². The van der Waals surface area contributed by atoms with E-state index >= 15 is 0 Å². The summed E-state index contributed by atoms with van der Waals surface area (Å²) in [6, 6.07) is 8.41. The number of hydrogen-bond donors (Lipinski definition) is 1. The minimum absolute atomic E-state index is 0.0742. The fourth-order valence-electron chi connectivity index (χ4n) is 5.02. The Morgan fingerprint density at radius 3 is 2.91 bits per heavy atom. The molecule has 4 heterocycles. The molecule has 1 atom stereocenters. The Labute approximate surface area is 188 Å². The van der Waals surface area contributed by atoms with E-state index < -0.39 is 5.54 Å². The minimum Gasteiger partial charge on any atom is -0.377 e. The molecular formula is C25H29N5O2. The average molecular weight is 432 g/mol. The van der Waals surface area contributed by atoms with E-state index in [1.165, 1.54) is 6.08 Å². The van der Waals surface area contributed by atoms with Crippen LogP contribution < -0.4 is 4.90 Å². The first kappa shape index (κ1) is 20.7. The van der Waals surface area contributed by atoms with Crippen molar-refractivity contribution in [3.8, 4) is 11.4 Å². The molecule has 1 unspecified atom stereocenters. The third kappa shape index (κ3) is 3.19.